The molecule has 0 heterocycles. The molecule has 47 heavy (non-hydrogen) atoms. The normalized spacial score (nSPS) is 14.3. The van der Waals surface area contributed by atoms with Gasteiger partial charge >= 0.3 is 25.7 Å². The Bertz CT molecular complexity index is 911. The Kier molecular flexibility index (Phi) is 29.9. The molecule has 0 radical (unpaired) electrons. The monoisotopic (exact) mass is 689 g/mol. The molecule has 0 rings (SSSR count). The van der Waals surface area contributed by atoms with Gasteiger partial charge in [-0.25, -0.2) is 4.57 Å². The van der Waals surface area contributed by atoms with Crippen molar-refractivity contribution in [3.63, 3.8) is 0 Å². The van der Waals surface area contributed by atoms with Gasteiger partial charge < -0.3 is 25.2 Å². The molecule has 0 spiro atoms. The molecule has 0 fully saturated rings. The molecular weight excluding hydrogens is 625 g/mol. The Morgan fingerprint density at radius 2 is 1.17 bits per heavy atom. The summed E-state index contributed by atoms with van der Waals surface area (Å²) in [6.07, 6.45) is 31.0. The SMILES string of the molecule is CCCCCCC/C=C\C/C=C\CCCCCCCCCCCCCC(=O)OC(COC(=O)CC)COP(=O)(O)OCC(N)C(=O)O. The summed E-state index contributed by atoms with van der Waals surface area (Å²) in [5.74, 6) is -2.48. The number of aliphatic carboxylic acids is 1. The number of hydrogen-bond donors (Lipinski definition) is 3. The van der Waals surface area contributed by atoms with Crippen LogP contribution in [0.1, 0.15) is 149 Å². The average molecular weight is 690 g/mol. The Labute approximate surface area is 283 Å². The van der Waals surface area contributed by atoms with Crippen molar-refractivity contribution in [3.8, 4) is 0 Å². The number of esters is 2. The molecule has 0 aliphatic carbocycles. The first-order chi connectivity index (χ1) is 22.6. The zero-order valence-electron chi connectivity index (χ0n) is 29.1. The van der Waals surface area contributed by atoms with Crippen molar-refractivity contribution >= 4 is 25.7 Å². The summed E-state index contributed by atoms with van der Waals surface area (Å²) < 4.78 is 31.7. The van der Waals surface area contributed by atoms with Crippen LogP contribution in [0.3, 0.4) is 0 Å². The van der Waals surface area contributed by atoms with E-state index in [0.29, 0.717) is 6.42 Å². The van der Waals surface area contributed by atoms with E-state index in [0.717, 1.165) is 25.7 Å². The topological polar surface area (TPSA) is 172 Å². The number of carbonyl (C=O) groups is 3. The highest BCUT2D eigenvalue weighted by molar-refractivity contribution is 7.47. The van der Waals surface area contributed by atoms with Gasteiger partial charge in [0.15, 0.2) is 6.10 Å². The van der Waals surface area contributed by atoms with Gasteiger partial charge in [0.2, 0.25) is 0 Å². The molecule has 3 atom stereocenters. The Morgan fingerprint density at radius 1 is 0.681 bits per heavy atom. The van der Waals surface area contributed by atoms with Gasteiger partial charge in [0.1, 0.15) is 12.6 Å². The molecule has 3 unspecified atom stereocenters. The number of hydrogen-bond acceptors (Lipinski definition) is 9. The fraction of sp³-hybridized carbons (Fsp3) is 0.800. The van der Waals surface area contributed by atoms with Crippen LogP contribution in [0.4, 0.5) is 0 Å². The first-order valence-corrected chi connectivity index (χ1v) is 19.4. The third kappa shape index (κ3) is 31.0. The lowest BCUT2D eigenvalue weighted by atomic mass is 10.0. The smallest absolute Gasteiger partial charge is 0.472 e. The molecule has 11 nitrogen and oxygen atoms in total. The minimum atomic E-state index is -4.68. The molecule has 0 bridgehead atoms. The van der Waals surface area contributed by atoms with Gasteiger partial charge in [-0.1, -0.05) is 122 Å². The number of ether oxygens (including phenoxy) is 2. The van der Waals surface area contributed by atoms with Gasteiger partial charge in [-0.15, -0.1) is 0 Å². The standard InChI is InChI=1S/C35H64NO10P/c1-3-5-6-7-8-9-10-11-12-13-14-15-16-17-18-19-20-21-22-23-24-25-26-27-34(38)46-31(28-43-33(37)4-2)29-44-47(41,42)45-30-32(36)35(39)40/h10-11,13-14,31-32H,3-9,12,15-30,36H2,1-2H3,(H,39,40)(H,41,42)/b11-10-,14-13-. The molecule has 0 saturated carbocycles. The van der Waals surface area contributed by atoms with E-state index in [1.807, 2.05) is 0 Å². The summed E-state index contributed by atoms with van der Waals surface area (Å²) in [5.41, 5.74) is 5.25. The second kappa shape index (κ2) is 31.2. The number of unbranched alkanes of at least 4 members (excludes halogenated alkanes) is 16. The zero-order chi connectivity index (χ0) is 35.0. The number of nitrogens with two attached hydrogens (primary N) is 1. The van der Waals surface area contributed by atoms with E-state index in [1.54, 1.807) is 6.92 Å². The average Bonchev–Trinajstić information content (AvgIpc) is 3.04. The summed E-state index contributed by atoms with van der Waals surface area (Å²) >= 11 is 0. The third-order valence-electron chi connectivity index (χ3n) is 7.51. The van der Waals surface area contributed by atoms with E-state index in [4.69, 9.17) is 24.8 Å². The number of carboxylic acid groups (broad SMARTS) is 1. The number of carboxylic acids is 1. The van der Waals surface area contributed by atoms with Gasteiger partial charge in [0.05, 0.1) is 13.2 Å². The lowest BCUT2D eigenvalue weighted by molar-refractivity contribution is -0.161. The van der Waals surface area contributed by atoms with Crippen molar-refractivity contribution in [1.29, 1.82) is 0 Å². The van der Waals surface area contributed by atoms with Crippen LogP contribution >= 0.6 is 7.82 Å². The summed E-state index contributed by atoms with van der Waals surface area (Å²) in [5, 5.41) is 8.76. The van der Waals surface area contributed by atoms with E-state index in [9.17, 15) is 23.8 Å². The molecule has 0 saturated heterocycles. The van der Waals surface area contributed by atoms with Crippen molar-refractivity contribution < 1.29 is 47.5 Å². The minimum absolute atomic E-state index is 0.103. The number of carbonyl (C=O) groups excluding carboxylic acids is 2. The second-order valence-corrected chi connectivity index (χ2v) is 13.4. The molecule has 12 heteroatoms. The van der Waals surface area contributed by atoms with Gasteiger partial charge in [0.25, 0.3) is 0 Å². The largest absolute Gasteiger partial charge is 0.480 e. The van der Waals surface area contributed by atoms with Crippen molar-refractivity contribution in [1.82, 2.24) is 0 Å². The molecule has 0 aliphatic heterocycles. The van der Waals surface area contributed by atoms with E-state index in [2.05, 4.69) is 35.8 Å². The van der Waals surface area contributed by atoms with Crippen LogP contribution < -0.4 is 5.73 Å². The van der Waals surface area contributed by atoms with Crippen LogP contribution in [0.25, 0.3) is 0 Å². The van der Waals surface area contributed by atoms with E-state index in [1.165, 1.54) is 89.9 Å². The highest BCUT2D eigenvalue weighted by atomic mass is 31.2. The van der Waals surface area contributed by atoms with Crippen molar-refractivity contribution in [3.05, 3.63) is 24.3 Å². The molecule has 0 aromatic carbocycles. The van der Waals surface area contributed by atoms with Crippen LogP contribution in [0.2, 0.25) is 0 Å². The fourth-order valence-electron chi connectivity index (χ4n) is 4.60. The predicted octanol–water partition coefficient (Wildman–Crippen LogP) is 8.33. The Hall–Kier alpha value is -2.04. The molecule has 0 aromatic heterocycles. The molecule has 0 amide bonds. The van der Waals surface area contributed by atoms with E-state index in [-0.39, 0.29) is 19.4 Å². The molecule has 0 aliphatic rings. The number of allylic oxidation sites excluding steroid dienone is 4. The summed E-state index contributed by atoms with van der Waals surface area (Å²) in [4.78, 5) is 44.4. The summed E-state index contributed by atoms with van der Waals surface area (Å²) in [7, 11) is -4.68. The highest BCUT2D eigenvalue weighted by Crippen LogP contribution is 2.43. The number of rotatable bonds is 33. The van der Waals surface area contributed by atoms with Crippen molar-refractivity contribution in [2.75, 3.05) is 19.8 Å². The van der Waals surface area contributed by atoms with Crippen molar-refractivity contribution in [2.45, 2.75) is 161 Å². The molecule has 4 N–H and O–H groups in total. The maximum absolute atomic E-state index is 12.3. The van der Waals surface area contributed by atoms with Crippen LogP contribution in [0, 0.1) is 0 Å². The number of phosphoric acid groups is 1. The van der Waals surface area contributed by atoms with Gasteiger partial charge in [-0.2, -0.15) is 0 Å². The maximum Gasteiger partial charge on any atom is 0.472 e. The quantitative estimate of drug-likeness (QED) is 0.0262. The van der Waals surface area contributed by atoms with Crippen LogP contribution in [-0.4, -0.2) is 59.9 Å². The molecule has 0 aromatic rings. The Morgan fingerprint density at radius 3 is 1.68 bits per heavy atom. The van der Waals surface area contributed by atoms with Crippen LogP contribution in [0.5, 0.6) is 0 Å². The molecule has 274 valence electrons. The lowest BCUT2D eigenvalue weighted by Gasteiger charge is -2.20. The Balaban J connectivity index is 3.90. The van der Waals surface area contributed by atoms with Crippen LogP contribution in [-0.2, 0) is 37.5 Å². The molecular formula is C35H64NO10P. The summed E-state index contributed by atoms with van der Waals surface area (Å²) in [6.45, 7) is 2.14. The van der Waals surface area contributed by atoms with Gasteiger partial charge in [-0.3, -0.25) is 23.4 Å². The van der Waals surface area contributed by atoms with Gasteiger partial charge in [0, 0.05) is 12.8 Å². The minimum Gasteiger partial charge on any atom is -0.480 e. The summed E-state index contributed by atoms with van der Waals surface area (Å²) in [6, 6.07) is -1.52. The third-order valence-corrected chi connectivity index (χ3v) is 8.46. The predicted molar refractivity (Wildman–Crippen MR) is 185 cm³/mol. The van der Waals surface area contributed by atoms with Gasteiger partial charge in [-0.05, 0) is 38.5 Å². The second-order valence-electron chi connectivity index (χ2n) is 12.0. The van der Waals surface area contributed by atoms with Crippen LogP contribution in [0.15, 0.2) is 24.3 Å². The fourth-order valence-corrected chi connectivity index (χ4v) is 5.38. The number of phosphoric ester groups is 1. The van der Waals surface area contributed by atoms with E-state index < -0.39 is 51.1 Å². The first-order valence-electron chi connectivity index (χ1n) is 17.9. The van der Waals surface area contributed by atoms with Crippen molar-refractivity contribution in [2.24, 2.45) is 5.73 Å². The zero-order valence-corrected chi connectivity index (χ0v) is 30.0. The van der Waals surface area contributed by atoms with E-state index >= 15 is 0 Å². The maximum atomic E-state index is 12.3. The lowest BCUT2D eigenvalue weighted by Crippen LogP contribution is -2.34. The highest BCUT2D eigenvalue weighted by Gasteiger charge is 2.28. The first kappa shape index (κ1) is 45.0.